The molecule has 4 aliphatic heterocycles. The number of nitro groups is 2. The third-order valence-corrected chi connectivity index (χ3v) is 11.5. The quantitative estimate of drug-likeness (QED) is 0.0650. The topological polar surface area (TPSA) is 186 Å². The van der Waals surface area contributed by atoms with Crippen LogP contribution in [0.1, 0.15) is 22.3 Å². The zero-order valence-corrected chi connectivity index (χ0v) is 32.8. The Bertz CT molecular complexity index is 2790. The van der Waals surface area contributed by atoms with E-state index in [9.17, 15) is 39.4 Å². The lowest BCUT2D eigenvalue weighted by Gasteiger charge is -2.17. The van der Waals surface area contributed by atoms with E-state index in [1.165, 1.54) is 45.9 Å². The number of rotatable bonds is 10. The minimum absolute atomic E-state index is 0.161. The Hall–Kier alpha value is -8.66. The number of carbonyl (C=O) groups is 4. The van der Waals surface area contributed by atoms with Gasteiger partial charge in [0.2, 0.25) is 0 Å². The van der Waals surface area contributed by atoms with Crippen LogP contribution in [0.2, 0.25) is 0 Å². The molecule has 0 aliphatic carbocycles. The van der Waals surface area contributed by atoms with Crippen molar-refractivity contribution in [3.63, 3.8) is 0 Å². The van der Waals surface area contributed by atoms with Crippen molar-refractivity contribution in [2.24, 2.45) is 11.8 Å². The van der Waals surface area contributed by atoms with Crippen molar-refractivity contribution >= 4 is 69.2 Å². The maximum Gasteiger partial charge on any atom is 0.283 e. The summed E-state index contributed by atoms with van der Waals surface area (Å²) in [6, 6.07) is 43.2. The molecule has 0 N–H and O–H groups in total. The summed E-state index contributed by atoms with van der Waals surface area (Å²) in [5, 5.41) is 24.2. The van der Waals surface area contributed by atoms with Crippen LogP contribution >= 0.6 is 0 Å². The van der Waals surface area contributed by atoms with E-state index in [4.69, 9.17) is 9.68 Å². The molecule has 16 nitrogen and oxygen atoms in total. The number of anilines is 2. The molecular formula is C47H32N6O10+2. The second-order valence-corrected chi connectivity index (χ2v) is 15.1. The van der Waals surface area contributed by atoms with E-state index in [1.807, 2.05) is 0 Å². The number of nitro benzene ring substituents is 2. The van der Waals surface area contributed by atoms with Crippen LogP contribution in [0.3, 0.4) is 0 Å². The Morgan fingerprint density at radius 2 is 0.810 bits per heavy atom. The predicted octanol–water partition coefficient (Wildman–Crippen LogP) is 6.37. The standard InChI is InChI=1S/C47H32N6O10/c54-44-38-40(34-15-7-9-17-36(34)52(58)59)50(32-11-3-1-4-12-32)62-42(38)46(56)48(44)30-23-19-28(20-24-30)27-29-21-25-31(26-22-29)49-45(55)39-41(35-16-8-10-18-37(35)53(60)61)51(63-43(39)47(49)57)33-13-5-2-6-14-33/h1-26,38-39,42-43H,27H2/q+2. The monoisotopic (exact) mass is 840 g/mol. The zero-order valence-electron chi connectivity index (χ0n) is 32.8. The molecule has 308 valence electrons. The van der Waals surface area contributed by atoms with Gasteiger partial charge in [-0.25, -0.2) is 9.80 Å². The molecule has 4 unspecified atom stereocenters. The van der Waals surface area contributed by atoms with E-state index < -0.39 is 57.5 Å². The molecule has 4 heterocycles. The van der Waals surface area contributed by atoms with Gasteiger partial charge in [0.15, 0.2) is 11.8 Å². The zero-order chi connectivity index (χ0) is 43.5. The summed E-state index contributed by atoms with van der Waals surface area (Å²) < 4.78 is 2.67. The van der Waals surface area contributed by atoms with Crippen molar-refractivity contribution in [2.45, 2.75) is 18.6 Å². The van der Waals surface area contributed by atoms with Gasteiger partial charge < -0.3 is 0 Å². The number of carbonyl (C=O) groups excluding carboxylic acids is 4. The molecule has 16 heteroatoms. The summed E-state index contributed by atoms with van der Waals surface area (Å²) in [5.74, 6) is -4.69. The molecule has 4 atom stereocenters. The van der Waals surface area contributed by atoms with E-state index in [0.717, 1.165) is 20.9 Å². The number of fused-ring (bicyclic) bond motifs is 2. The highest BCUT2D eigenvalue weighted by atomic mass is 16.7. The first-order valence-corrected chi connectivity index (χ1v) is 19.8. The highest BCUT2D eigenvalue weighted by Crippen LogP contribution is 2.41. The molecule has 0 spiro atoms. The van der Waals surface area contributed by atoms with Gasteiger partial charge in [-0.3, -0.25) is 49.1 Å². The van der Waals surface area contributed by atoms with Crippen molar-refractivity contribution in [1.82, 2.24) is 0 Å². The lowest BCUT2D eigenvalue weighted by atomic mass is 9.92. The molecule has 4 aliphatic rings. The fourth-order valence-electron chi connectivity index (χ4n) is 8.67. The molecule has 0 radical (unpaired) electrons. The first kappa shape index (κ1) is 38.5. The number of hydrogen-bond acceptors (Lipinski definition) is 10. The van der Waals surface area contributed by atoms with Crippen molar-refractivity contribution in [1.29, 1.82) is 0 Å². The van der Waals surface area contributed by atoms with E-state index in [2.05, 4.69) is 0 Å². The van der Waals surface area contributed by atoms with Crippen molar-refractivity contribution in [3.05, 3.63) is 200 Å². The van der Waals surface area contributed by atoms with Gasteiger partial charge in [-0.2, -0.15) is 0 Å². The Morgan fingerprint density at radius 3 is 1.17 bits per heavy atom. The molecule has 2 fully saturated rings. The van der Waals surface area contributed by atoms with Gasteiger partial charge in [-0.05, 0) is 53.9 Å². The smallest absolute Gasteiger partial charge is 0.273 e. The van der Waals surface area contributed by atoms with Crippen LogP contribution in [0.4, 0.5) is 34.1 Å². The summed E-state index contributed by atoms with van der Waals surface area (Å²) in [7, 11) is 0. The fraction of sp³-hybridized carbons (Fsp3) is 0.106. The molecule has 2 saturated heterocycles. The highest BCUT2D eigenvalue weighted by Gasteiger charge is 2.65. The van der Waals surface area contributed by atoms with Crippen LogP contribution in [0, 0.1) is 32.1 Å². The van der Waals surface area contributed by atoms with Gasteiger partial charge in [-0.1, -0.05) is 84.9 Å². The van der Waals surface area contributed by atoms with Crippen molar-refractivity contribution in [3.8, 4) is 0 Å². The maximum absolute atomic E-state index is 14.2. The van der Waals surface area contributed by atoms with E-state index >= 15 is 0 Å². The molecular weight excluding hydrogens is 809 g/mol. The average molecular weight is 841 g/mol. The second kappa shape index (κ2) is 15.1. The van der Waals surface area contributed by atoms with Gasteiger partial charge in [0.05, 0.1) is 21.2 Å². The fourth-order valence-corrected chi connectivity index (χ4v) is 8.67. The van der Waals surface area contributed by atoms with Gasteiger partial charge in [-0.15, -0.1) is 0 Å². The van der Waals surface area contributed by atoms with Gasteiger partial charge in [0, 0.05) is 45.9 Å². The van der Waals surface area contributed by atoms with E-state index in [0.29, 0.717) is 29.2 Å². The van der Waals surface area contributed by atoms with Crippen LogP contribution < -0.4 is 9.80 Å². The Morgan fingerprint density at radius 1 is 0.460 bits per heavy atom. The predicted molar refractivity (Wildman–Crippen MR) is 225 cm³/mol. The van der Waals surface area contributed by atoms with Gasteiger partial charge in [0.1, 0.15) is 11.1 Å². The van der Waals surface area contributed by atoms with Crippen LogP contribution in [-0.2, 0) is 35.3 Å². The molecule has 0 bridgehead atoms. The third kappa shape index (κ3) is 6.30. The van der Waals surface area contributed by atoms with E-state index in [1.54, 1.807) is 121 Å². The number of para-hydroxylation sites is 4. The Balaban J connectivity index is 0.885. The highest BCUT2D eigenvalue weighted by molar-refractivity contribution is 6.33. The number of amides is 4. The molecule has 10 rings (SSSR count). The number of hydrogen-bond donors (Lipinski definition) is 0. The van der Waals surface area contributed by atoms with Crippen LogP contribution in [0.5, 0.6) is 0 Å². The summed E-state index contributed by atoms with van der Waals surface area (Å²) in [6.07, 6.45) is -2.10. The lowest BCUT2D eigenvalue weighted by Crippen LogP contribution is -2.35. The largest absolute Gasteiger partial charge is 0.283 e. The maximum atomic E-state index is 14.2. The van der Waals surface area contributed by atoms with Crippen molar-refractivity contribution in [2.75, 3.05) is 9.80 Å². The number of benzene rings is 6. The van der Waals surface area contributed by atoms with Crippen LogP contribution in [0.25, 0.3) is 0 Å². The number of imide groups is 2. The molecule has 4 amide bonds. The number of nitrogens with zero attached hydrogens (tertiary/aromatic N) is 6. The Labute approximate surface area is 357 Å². The summed E-state index contributed by atoms with van der Waals surface area (Å²) in [5.41, 5.74) is 3.50. The molecule has 0 saturated carbocycles. The van der Waals surface area contributed by atoms with Crippen molar-refractivity contribution < 1.29 is 48.2 Å². The second-order valence-electron chi connectivity index (χ2n) is 15.1. The molecule has 0 aromatic heterocycles. The van der Waals surface area contributed by atoms with E-state index in [-0.39, 0.29) is 33.9 Å². The molecule has 63 heavy (non-hydrogen) atoms. The normalized spacial score (nSPS) is 20.3. The first-order chi connectivity index (χ1) is 30.6. The summed E-state index contributed by atoms with van der Waals surface area (Å²) in [6.45, 7) is 0. The molecule has 6 aromatic carbocycles. The van der Waals surface area contributed by atoms with Gasteiger partial charge >= 0.3 is 0 Å². The molecule has 6 aromatic rings. The lowest BCUT2D eigenvalue weighted by molar-refractivity contribution is -0.724. The first-order valence-electron chi connectivity index (χ1n) is 19.8. The van der Waals surface area contributed by atoms with Crippen LogP contribution in [-0.4, -0.2) is 66.6 Å². The minimum Gasteiger partial charge on any atom is -0.273 e. The third-order valence-electron chi connectivity index (χ3n) is 11.5. The van der Waals surface area contributed by atoms with Crippen LogP contribution in [0.15, 0.2) is 158 Å². The Kier molecular flexibility index (Phi) is 9.24. The average Bonchev–Trinajstić information content (AvgIpc) is 4.03. The SMILES string of the molecule is O=C1C2O[N+](c3ccccc3)=C(c3ccccc3[N+](=O)[O-])C2C(=O)N1c1ccc(Cc2ccc(N3C(=O)C4O[N+](c5ccccc5)=C(c5ccccc5[N+](=O)[O-])C4C3=O)cc2)cc1. The summed E-state index contributed by atoms with van der Waals surface area (Å²) >= 11 is 0. The summed E-state index contributed by atoms with van der Waals surface area (Å²) in [4.78, 5) is 93.7. The minimum atomic E-state index is -1.25. The van der Waals surface area contributed by atoms with Gasteiger partial charge in [0.25, 0.3) is 70.0 Å².